The largest absolute Gasteiger partial charge is 0.350 e. The highest BCUT2D eigenvalue weighted by molar-refractivity contribution is 5.81. The highest BCUT2D eigenvalue weighted by Gasteiger charge is 2.48. The molecule has 0 bridgehead atoms. The van der Waals surface area contributed by atoms with E-state index in [0.717, 1.165) is 18.4 Å². The number of pyridine rings is 1. The Balaban J connectivity index is 1.84. The fourth-order valence-corrected chi connectivity index (χ4v) is 3.51. The lowest BCUT2D eigenvalue weighted by molar-refractivity contribution is -0.130. The third-order valence-electron chi connectivity index (χ3n) is 4.63. The molecule has 0 aromatic carbocycles. The first-order valence-corrected chi connectivity index (χ1v) is 7.07. The van der Waals surface area contributed by atoms with E-state index in [9.17, 15) is 9.59 Å². The molecule has 1 aromatic rings. The first-order valence-electron chi connectivity index (χ1n) is 7.07. The van der Waals surface area contributed by atoms with Crippen LogP contribution in [0, 0.1) is 0 Å². The number of hydrogen-bond donors (Lipinski definition) is 1. The third-order valence-corrected chi connectivity index (χ3v) is 4.63. The van der Waals surface area contributed by atoms with E-state index in [1.165, 1.54) is 0 Å². The Hall–Kier alpha value is -1.91. The molecule has 0 radical (unpaired) electrons. The molecule has 2 fully saturated rings. The van der Waals surface area contributed by atoms with Gasteiger partial charge in [0.15, 0.2) is 0 Å². The second-order valence-electron chi connectivity index (χ2n) is 5.75. The van der Waals surface area contributed by atoms with Crippen LogP contribution in [0.25, 0.3) is 0 Å². The second kappa shape index (κ2) is 4.89. The molecule has 5 heteroatoms. The Kier molecular flexibility index (Phi) is 3.20. The molecule has 1 unspecified atom stereocenters. The summed E-state index contributed by atoms with van der Waals surface area (Å²) in [6.07, 6.45) is 5.75. The van der Waals surface area contributed by atoms with Gasteiger partial charge in [0.2, 0.25) is 11.8 Å². The number of hydrogen-bond acceptors (Lipinski definition) is 3. The van der Waals surface area contributed by atoms with Crippen LogP contribution in [0.4, 0.5) is 0 Å². The Morgan fingerprint density at radius 3 is 2.80 bits per heavy atom. The van der Waals surface area contributed by atoms with Gasteiger partial charge in [0.25, 0.3) is 0 Å². The molecule has 2 aliphatic rings. The lowest BCUT2D eigenvalue weighted by atomic mass is 9.75. The minimum atomic E-state index is -0.202. The molecule has 0 aliphatic carbocycles. The highest BCUT2D eigenvalue weighted by Crippen LogP contribution is 2.42. The molecule has 2 aliphatic heterocycles. The average Bonchev–Trinajstić information content (AvgIpc) is 2.77. The molecular weight excluding hydrogens is 254 g/mol. The lowest BCUT2D eigenvalue weighted by Gasteiger charge is -2.42. The van der Waals surface area contributed by atoms with Gasteiger partial charge in [0, 0.05) is 44.7 Å². The van der Waals surface area contributed by atoms with Gasteiger partial charge in [0.05, 0.1) is 5.54 Å². The van der Waals surface area contributed by atoms with E-state index in [-0.39, 0.29) is 23.3 Å². The zero-order chi connectivity index (χ0) is 14.2. The van der Waals surface area contributed by atoms with Crippen LogP contribution in [0.5, 0.6) is 0 Å². The van der Waals surface area contributed by atoms with E-state index < -0.39 is 0 Å². The summed E-state index contributed by atoms with van der Waals surface area (Å²) in [7, 11) is 0. The standard InChI is InChI=1S/C15H19N3O2/c1-11(19)18-7-4-15(5-8-18)13(9-14(20)17-15)12-3-2-6-16-10-12/h2-3,6,10,13H,4-5,7-9H2,1H3,(H,17,20). The number of piperidine rings is 1. The van der Waals surface area contributed by atoms with Gasteiger partial charge < -0.3 is 10.2 Å². The van der Waals surface area contributed by atoms with Gasteiger partial charge in [-0.3, -0.25) is 14.6 Å². The van der Waals surface area contributed by atoms with Gasteiger partial charge in [-0.15, -0.1) is 0 Å². The number of aromatic nitrogens is 1. The van der Waals surface area contributed by atoms with E-state index in [1.54, 1.807) is 13.1 Å². The van der Waals surface area contributed by atoms with Crippen LogP contribution in [0.1, 0.15) is 37.7 Å². The molecular formula is C15H19N3O2. The van der Waals surface area contributed by atoms with E-state index in [1.807, 2.05) is 23.2 Å². The number of likely N-dealkylation sites (tertiary alicyclic amines) is 1. The van der Waals surface area contributed by atoms with Crippen molar-refractivity contribution in [2.45, 2.75) is 37.6 Å². The number of carbonyl (C=O) groups is 2. The van der Waals surface area contributed by atoms with Gasteiger partial charge in [0.1, 0.15) is 0 Å². The van der Waals surface area contributed by atoms with Crippen molar-refractivity contribution >= 4 is 11.8 Å². The fourth-order valence-electron chi connectivity index (χ4n) is 3.51. The van der Waals surface area contributed by atoms with Crippen molar-refractivity contribution in [1.29, 1.82) is 0 Å². The van der Waals surface area contributed by atoms with Gasteiger partial charge in [-0.25, -0.2) is 0 Å². The van der Waals surface area contributed by atoms with Crippen molar-refractivity contribution < 1.29 is 9.59 Å². The Morgan fingerprint density at radius 1 is 1.45 bits per heavy atom. The summed E-state index contributed by atoms with van der Waals surface area (Å²) in [6.45, 7) is 3.03. The molecule has 0 saturated carbocycles. The van der Waals surface area contributed by atoms with Gasteiger partial charge in [-0.05, 0) is 24.5 Å². The molecule has 2 amide bonds. The molecule has 5 nitrogen and oxygen atoms in total. The molecule has 20 heavy (non-hydrogen) atoms. The van der Waals surface area contributed by atoms with Crippen LogP contribution in [0.2, 0.25) is 0 Å². The van der Waals surface area contributed by atoms with Crippen molar-refractivity contribution in [3.63, 3.8) is 0 Å². The summed E-state index contributed by atoms with van der Waals surface area (Å²) in [5.41, 5.74) is 0.911. The van der Waals surface area contributed by atoms with Crippen molar-refractivity contribution in [3.05, 3.63) is 30.1 Å². The van der Waals surface area contributed by atoms with E-state index in [0.29, 0.717) is 19.5 Å². The van der Waals surface area contributed by atoms with Crippen LogP contribution in [-0.2, 0) is 9.59 Å². The SMILES string of the molecule is CC(=O)N1CCC2(CC1)NC(=O)CC2c1cccnc1. The molecule has 1 N–H and O–H groups in total. The number of rotatable bonds is 1. The maximum Gasteiger partial charge on any atom is 0.221 e. The summed E-state index contributed by atoms with van der Waals surface area (Å²) in [5.74, 6) is 0.384. The molecule has 1 atom stereocenters. The van der Waals surface area contributed by atoms with Crippen LogP contribution in [0.3, 0.4) is 0 Å². The number of amides is 2. The van der Waals surface area contributed by atoms with Crippen LogP contribution < -0.4 is 5.32 Å². The van der Waals surface area contributed by atoms with E-state index in [2.05, 4.69) is 10.3 Å². The molecule has 2 saturated heterocycles. The summed E-state index contributed by atoms with van der Waals surface area (Å²) < 4.78 is 0. The predicted octanol–water partition coefficient (Wildman–Crippen LogP) is 1.07. The minimum absolute atomic E-state index is 0.107. The van der Waals surface area contributed by atoms with Crippen LogP contribution >= 0.6 is 0 Å². The topological polar surface area (TPSA) is 62.3 Å². The molecule has 1 aromatic heterocycles. The average molecular weight is 273 g/mol. The number of nitrogens with zero attached hydrogens (tertiary/aromatic N) is 2. The summed E-state index contributed by atoms with van der Waals surface area (Å²) >= 11 is 0. The maximum absolute atomic E-state index is 11.9. The van der Waals surface area contributed by atoms with Crippen LogP contribution in [0.15, 0.2) is 24.5 Å². The van der Waals surface area contributed by atoms with Crippen molar-refractivity contribution in [2.24, 2.45) is 0 Å². The molecule has 1 spiro atoms. The normalized spacial score (nSPS) is 24.8. The van der Waals surface area contributed by atoms with E-state index >= 15 is 0 Å². The van der Waals surface area contributed by atoms with Crippen molar-refractivity contribution in [1.82, 2.24) is 15.2 Å². The first-order chi connectivity index (χ1) is 9.61. The smallest absolute Gasteiger partial charge is 0.221 e. The molecule has 3 heterocycles. The minimum Gasteiger partial charge on any atom is -0.350 e. The Labute approximate surface area is 118 Å². The quantitative estimate of drug-likeness (QED) is 0.832. The number of nitrogens with one attached hydrogen (secondary N) is 1. The summed E-state index contributed by atoms with van der Waals surface area (Å²) in [6, 6.07) is 3.95. The van der Waals surface area contributed by atoms with Gasteiger partial charge >= 0.3 is 0 Å². The lowest BCUT2D eigenvalue weighted by Crippen LogP contribution is -2.54. The monoisotopic (exact) mass is 273 g/mol. The van der Waals surface area contributed by atoms with Gasteiger partial charge in [-0.1, -0.05) is 6.07 Å². The predicted molar refractivity (Wildman–Crippen MR) is 74.0 cm³/mol. The van der Waals surface area contributed by atoms with E-state index in [4.69, 9.17) is 0 Å². The molecule has 3 rings (SSSR count). The number of carbonyl (C=O) groups excluding carboxylic acids is 2. The fraction of sp³-hybridized carbons (Fsp3) is 0.533. The van der Waals surface area contributed by atoms with Crippen molar-refractivity contribution in [3.8, 4) is 0 Å². The van der Waals surface area contributed by atoms with Crippen LogP contribution in [-0.4, -0.2) is 40.3 Å². The molecule has 106 valence electrons. The zero-order valence-electron chi connectivity index (χ0n) is 11.6. The van der Waals surface area contributed by atoms with Gasteiger partial charge in [-0.2, -0.15) is 0 Å². The Bertz CT molecular complexity index is 521. The second-order valence-corrected chi connectivity index (χ2v) is 5.75. The Morgan fingerprint density at radius 2 is 2.20 bits per heavy atom. The van der Waals surface area contributed by atoms with Crippen molar-refractivity contribution in [2.75, 3.05) is 13.1 Å². The summed E-state index contributed by atoms with van der Waals surface area (Å²) in [4.78, 5) is 29.4. The summed E-state index contributed by atoms with van der Waals surface area (Å²) in [5, 5.41) is 3.17. The highest BCUT2D eigenvalue weighted by atomic mass is 16.2. The zero-order valence-corrected chi connectivity index (χ0v) is 11.6. The third kappa shape index (κ3) is 2.17. The maximum atomic E-state index is 11.9. The first kappa shape index (κ1) is 13.1.